The van der Waals surface area contributed by atoms with Gasteiger partial charge in [0.2, 0.25) is 5.24 Å². The highest BCUT2D eigenvalue weighted by Gasteiger charge is 2.76. The Labute approximate surface area is 110 Å². The van der Waals surface area contributed by atoms with Gasteiger partial charge < -0.3 is 0 Å². The fourth-order valence-corrected chi connectivity index (χ4v) is 4.48. The molecule has 0 heterocycles. The molecule has 0 N–H and O–H groups in total. The van der Waals surface area contributed by atoms with Crippen LogP contribution in [-0.2, 0) is 4.79 Å². The van der Waals surface area contributed by atoms with Crippen molar-refractivity contribution in [2.75, 3.05) is 0 Å². The molecule has 2 rings (SSSR count). The van der Waals surface area contributed by atoms with Gasteiger partial charge in [0.25, 0.3) is 0 Å². The lowest BCUT2D eigenvalue weighted by Gasteiger charge is -2.04. The summed E-state index contributed by atoms with van der Waals surface area (Å²) in [4.78, 5) is 11.4. The monoisotopic (exact) mass is 350 g/mol. The lowest BCUT2D eigenvalue weighted by atomic mass is 10.0. The molecule has 1 aromatic carbocycles. The molecule has 4 heteroatoms. The average molecular weight is 352 g/mol. The van der Waals surface area contributed by atoms with E-state index < -0.39 is 8.65 Å². The topological polar surface area (TPSA) is 17.1 Å². The molecule has 0 aromatic heterocycles. The van der Waals surface area contributed by atoms with Crippen LogP contribution in [0.1, 0.15) is 18.4 Å². The molecule has 1 nitrogen and oxygen atoms in total. The zero-order chi connectivity index (χ0) is 11.3. The first-order valence-corrected chi connectivity index (χ1v) is 6.51. The molecule has 1 aromatic rings. The molecule has 0 unspecified atom stereocenters. The van der Waals surface area contributed by atoms with Crippen LogP contribution in [0.15, 0.2) is 30.3 Å². The van der Waals surface area contributed by atoms with Gasteiger partial charge in [-0.25, -0.2) is 0 Å². The number of hydrogen-bond donors (Lipinski definition) is 0. The second-order valence-electron chi connectivity index (χ2n) is 3.94. The standard InChI is InChI=1S/C11H9Br2ClO/c1-10(9(14)15)8(11(10,12)13)7-5-3-2-4-6-7/h2-6,8H,1H3/t8-,10-/m0/s1. The summed E-state index contributed by atoms with van der Waals surface area (Å²) in [6.07, 6.45) is 0. The molecule has 0 bridgehead atoms. The van der Waals surface area contributed by atoms with E-state index in [1.165, 1.54) is 0 Å². The van der Waals surface area contributed by atoms with Gasteiger partial charge in [0, 0.05) is 5.92 Å². The van der Waals surface area contributed by atoms with Crippen LogP contribution in [0.5, 0.6) is 0 Å². The second kappa shape index (κ2) is 3.57. The quantitative estimate of drug-likeness (QED) is 0.580. The van der Waals surface area contributed by atoms with Crippen LogP contribution in [0.4, 0.5) is 0 Å². The fourth-order valence-electron chi connectivity index (χ4n) is 1.96. The van der Waals surface area contributed by atoms with Crippen molar-refractivity contribution in [1.82, 2.24) is 0 Å². The number of alkyl halides is 2. The second-order valence-corrected chi connectivity index (χ2v) is 7.85. The van der Waals surface area contributed by atoms with E-state index in [0.717, 1.165) is 5.56 Å². The Morgan fingerprint density at radius 2 is 1.87 bits per heavy atom. The van der Waals surface area contributed by atoms with Gasteiger partial charge in [0.15, 0.2) is 0 Å². The highest BCUT2D eigenvalue weighted by atomic mass is 79.9. The minimum absolute atomic E-state index is 0.0798. The zero-order valence-electron chi connectivity index (χ0n) is 8.01. The summed E-state index contributed by atoms with van der Waals surface area (Å²) in [7, 11) is 0. The van der Waals surface area contributed by atoms with Crippen molar-refractivity contribution in [1.29, 1.82) is 0 Å². The van der Waals surface area contributed by atoms with Crippen LogP contribution in [0.25, 0.3) is 0 Å². The van der Waals surface area contributed by atoms with E-state index in [0.29, 0.717) is 0 Å². The normalized spacial score (nSPS) is 32.4. The number of carbonyl (C=O) groups excluding carboxylic acids is 1. The Balaban J connectivity index is 2.39. The third-order valence-corrected chi connectivity index (χ3v) is 6.05. The summed E-state index contributed by atoms with van der Waals surface area (Å²) in [5.41, 5.74) is 0.540. The molecule has 0 amide bonds. The fraction of sp³-hybridized carbons (Fsp3) is 0.364. The molecule has 2 atom stereocenters. The molecule has 0 spiro atoms. The summed E-state index contributed by atoms with van der Waals surface area (Å²) < 4.78 is -0.410. The lowest BCUT2D eigenvalue weighted by Crippen LogP contribution is -2.11. The Bertz CT molecular complexity index is 404. The minimum Gasteiger partial charge on any atom is -0.281 e. The Hall–Kier alpha value is 0.140. The van der Waals surface area contributed by atoms with Crippen molar-refractivity contribution < 1.29 is 4.79 Å². The van der Waals surface area contributed by atoms with Crippen LogP contribution < -0.4 is 0 Å². The molecule has 1 fully saturated rings. The van der Waals surface area contributed by atoms with E-state index >= 15 is 0 Å². The van der Waals surface area contributed by atoms with Crippen molar-refractivity contribution >= 4 is 48.7 Å². The molecular weight excluding hydrogens is 343 g/mol. The first-order chi connectivity index (χ1) is 6.92. The van der Waals surface area contributed by atoms with Gasteiger partial charge in [-0.2, -0.15) is 0 Å². The SMILES string of the molecule is C[C@@]1(C(=O)Cl)[C@H](c2ccccc2)C1(Br)Br. The highest BCUT2D eigenvalue weighted by Crippen LogP contribution is 2.76. The van der Waals surface area contributed by atoms with E-state index in [1.807, 2.05) is 37.3 Å². The summed E-state index contributed by atoms with van der Waals surface area (Å²) in [5.74, 6) is 0.0798. The van der Waals surface area contributed by atoms with Gasteiger partial charge in [0.1, 0.15) is 3.23 Å². The van der Waals surface area contributed by atoms with E-state index in [1.54, 1.807) is 0 Å². The predicted molar refractivity (Wildman–Crippen MR) is 68.7 cm³/mol. The van der Waals surface area contributed by atoms with Crippen LogP contribution in [0, 0.1) is 5.41 Å². The van der Waals surface area contributed by atoms with Gasteiger partial charge in [-0.15, -0.1) is 0 Å². The first kappa shape index (κ1) is 11.6. The highest BCUT2D eigenvalue weighted by molar-refractivity contribution is 9.25. The Morgan fingerprint density at radius 1 is 1.33 bits per heavy atom. The summed E-state index contributed by atoms with van der Waals surface area (Å²) in [5, 5.41) is -0.315. The van der Waals surface area contributed by atoms with E-state index in [-0.39, 0.29) is 11.2 Å². The van der Waals surface area contributed by atoms with Gasteiger partial charge in [0.05, 0.1) is 5.41 Å². The lowest BCUT2D eigenvalue weighted by molar-refractivity contribution is -0.115. The molecule has 1 aliphatic rings. The van der Waals surface area contributed by atoms with Crippen molar-refractivity contribution in [3.8, 4) is 0 Å². The van der Waals surface area contributed by atoms with E-state index in [9.17, 15) is 4.79 Å². The zero-order valence-corrected chi connectivity index (χ0v) is 11.9. The summed E-state index contributed by atoms with van der Waals surface area (Å²) in [6.45, 7) is 1.86. The molecule has 1 aliphatic carbocycles. The van der Waals surface area contributed by atoms with Crippen molar-refractivity contribution in [2.24, 2.45) is 5.41 Å². The largest absolute Gasteiger partial charge is 0.281 e. The summed E-state index contributed by atoms with van der Waals surface area (Å²) in [6, 6.07) is 9.89. The smallest absolute Gasteiger partial charge is 0.230 e. The predicted octanol–water partition coefficient (Wildman–Crippen LogP) is 4.04. The van der Waals surface area contributed by atoms with Crippen LogP contribution in [0.3, 0.4) is 0 Å². The van der Waals surface area contributed by atoms with E-state index in [4.69, 9.17) is 11.6 Å². The van der Waals surface area contributed by atoms with Crippen LogP contribution in [-0.4, -0.2) is 8.48 Å². The number of carbonyl (C=O) groups is 1. The Kier molecular flexibility index (Phi) is 2.77. The van der Waals surface area contributed by atoms with Gasteiger partial charge in [-0.3, -0.25) is 4.79 Å². The molecule has 1 saturated carbocycles. The molecule has 0 radical (unpaired) electrons. The van der Waals surface area contributed by atoms with Crippen LogP contribution >= 0.6 is 43.5 Å². The molecule has 0 saturated heterocycles. The molecular formula is C11H9Br2ClO. The minimum atomic E-state index is -0.574. The third-order valence-electron chi connectivity index (χ3n) is 3.09. The maximum atomic E-state index is 11.4. The number of halogens is 3. The maximum Gasteiger partial charge on any atom is 0.230 e. The summed E-state index contributed by atoms with van der Waals surface area (Å²) >= 11 is 12.7. The van der Waals surface area contributed by atoms with Crippen LogP contribution in [0.2, 0.25) is 0 Å². The molecule has 80 valence electrons. The van der Waals surface area contributed by atoms with Crippen molar-refractivity contribution in [3.05, 3.63) is 35.9 Å². The Morgan fingerprint density at radius 3 is 2.27 bits per heavy atom. The number of rotatable bonds is 2. The van der Waals surface area contributed by atoms with E-state index in [2.05, 4.69) is 31.9 Å². The first-order valence-electron chi connectivity index (χ1n) is 4.55. The van der Waals surface area contributed by atoms with Gasteiger partial charge >= 0.3 is 0 Å². The number of benzene rings is 1. The van der Waals surface area contributed by atoms with Crippen molar-refractivity contribution in [3.63, 3.8) is 0 Å². The average Bonchev–Trinajstić information content (AvgIpc) is 2.64. The molecule has 15 heavy (non-hydrogen) atoms. The third kappa shape index (κ3) is 1.51. The molecule has 0 aliphatic heterocycles. The van der Waals surface area contributed by atoms with Gasteiger partial charge in [-0.05, 0) is 24.1 Å². The van der Waals surface area contributed by atoms with Crippen molar-refractivity contribution in [2.45, 2.75) is 16.1 Å². The maximum absolute atomic E-state index is 11.4. The number of hydrogen-bond acceptors (Lipinski definition) is 1. The van der Waals surface area contributed by atoms with Gasteiger partial charge in [-0.1, -0.05) is 62.2 Å².